The molecule has 2 heterocycles. The quantitative estimate of drug-likeness (QED) is 0.374. The third-order valence-corrected chi connectivity index (χ3v) is 5.72. The Balaban J connectivity index is 1.34. The van der Waals surface area contributed by atoms with Crippen molar-refractivity contribution < 1.29 is 9.53 Å². The molecular weight excluding hydrogens is 420 g/mol. The fourth-order valence-corrected chi connectivity index (χ4v) is 4.09. The second-order valence-electron chi connectivity index (χ2n) is 7.02. The van der Waals surface area contributed by atoms with E-state index in [0.717, 1.165) is 27.0 Å². The van der Waals surface area contributed by atoms with Crippen LogP contribution in [-0.4, -0.2) is 20.9 Å². The van der Waals surface area contributed by atoms with Crippen molar-refractivity contribution in [3.05, 3.63) is 102 Å². The number of carbonyl (C=O) groups is 1. The van der Waals surface area contributed by atoms with Crippen LogP contribution in [0.1, 0.15) is 15.9 Å². The molecule has 0 aliphatic heterocycles. The van der Waals surface area contributed by atoms with E-state index >= 15 is 0 Å². The number of hydrogen-bond acceptors (Lipinski definition) is 6. The molecule has 0 unspecified atom stereocenters. The Morgan fingerprint density at radius 3 is 2.50 bits per heavy atom. The molecule has 7 heteroatoms. The molecule has 6 nitrogen and oxygen atoms in total. The molecule has 0 spiro atoms. The molecule has 0 atom stereocenters. The molecule has 156 valence electrons. The summed E-state index contributed by atoms with van der Waals surface area (Å²) in [6, 6.07) is 27.0. The number of carbonyl (C=O) groups excluding carboxylic acids is 1. The van der Waals surface area contributed by atoms with Gasteiger partial charge in [0.25, 0.3) is 5.91 Å². The van der Waals surface area contributed by atoms with Gasteiger partial charge in [-0.25, -0.2) is 9.97 Å². The molecule has 0 aliphatic rings. The van der Waals surface area contributed by atoms with Gasteiger partial charge in [-0.05, 0) is 35.9 Å². The van der Waals surface area contributed by atoms with Crippen LogP contribution in [-0.2, 0) is 6.61 Å². The lowest BCUT2D eigenvalue weighted by Gasteiger charge is -2.06. The minimum absolute atomic E-state index is 0.180. The number of fused-ring (bicyclic) bond motifs is 1. The first-order chi connectivity index (χ1) is 15.7. The molecule has 2 aromatic heterocycles. The standard InChI is InChI=1S/C25H18N4O2S/c30-23(18-9-5-2-6-10-18)29-25-28-21-12-11-19(15-22(21)32-25)20-13-14-26-24(27-20)31-16-17-7-3-1-4-8-17/h1-15H,16H2,(H,28,29,30). The normalized spacial score (nSPS) is 10.8. The lowest BCUT2D eigenvalue weighted by atomic mass is 10.1. The van der Waals surface area contributed by atoms with Crippen molar-refractivity contribution in [2.75, 3.05) is 5.32 Å². The van der Waals surface area contributed by atoms with Crippen molar-refractivity contribution in [3.8, 4) is 17.3 Å². The zero-order valence-corrected chi connectivity index (χ0v) is 17.8. The van der Waals surface area contributed by atoms with Crippen LogP contribution in [0.5, 0.6) is 6.01 Å². The Morgan fingerprint density at radius 1 is 0.906 bits per heavy atom. The van der Waals surface area contributed by atoms with Crippen molar-refractivity contribution in [1.82, 2.24) is 15.0 Å². The molecule has 0 radical (unpaired) electrons. The summed E-state index contributed by atoms with van der Waals surface area (Å²) in [5, 5.41) is 3.43. The first kappa shape index (κ1) is 19.8. The maximum atomic E-state index is 12.4. The van der Waals surface area contributed by atoms with Gasteiger partial charge >= 0.3 is 6.01 Å². The largest absolute Gasteiger partial charge is 0.459 e. The number of ether oxygens (including phenoxy) is 1. The molecule has 0 saturated heterocycles. The smallest absolute Gasteiger partial charge is 0.317 e. The molecule has 3 aromatic carbocycles. The first-order valence-corrected chi connectivity index (χ1v) is 10.8. The maximum absolute atomic E-state index is 12.4. The summed E-state index contributed by atoms with van der Waals surface area (Å²) in [5.74, 6) is -0.180. The Hall–Kier alpha value is -4.10. The van der Waals surface area contributed by atoms with Crippen LogP contribution < -0.4 is 10.1 Å². The molecule has 32 heavy (non-hydrogen) atoms. The average molecular weight is 439 g/mol. The van der Waals surface area contributed by atoms with E-state index in [-0.39, 0.29) is 5.91 Å². The number of nitrogens with one attached hydrogen (secondary N) is 1. The fraction of sp³-hybridized carbons (Fsp3) is 0.0400. The van der Waals surface area contributed by atoms with Crippen LogP contribution in [0.15, 0.2) is 91.1 Å². The lowest BCUT2D eigenvalue weighted by molar-refractivity contribution is 0.102. The van der Waals surface area contributed by atoms with E-state index in [9.17, 15) is 4.79 Å². The zero-order chi connectivity index (χ0) is 21.8. The second kappa shape index (κ2) is 8.95. The van der Waals surface area contributed by atoms with Gasteiger partial charge in [0.15, 0.2) is 5.13 Å². The van der Waals surface area contributed by atoms with Gasteiger partial charge in [0.1, 0.15) is 6.61 Å². The van der Waals surface area contributed by atoms with Gasteiger partial charge in [-0.2, -0.15) is 4.98 Å². The van der Waals surface area contributed by atoms with Crippen molar-refractivity contribution >= 4 is 32.6 Å². The highest BCUT2D eigenvalue weighted by Crippen LogP contribution is 2.30. The Labute approximate surface area is 188 Å². The average Bonchev–Trinajstić information content (AvgIpc) is 3.25. The summed E-state index contributed by atoms with van der Waals surface area (Å²) in [6.07, 6.45) is 1.69. The molecule has 1 N–H and O–H groups in total. The summed E-state index contributed by atoms with van der Waals surface area (Å²) < 4.78 is 6.71. The molecule has 5 aromatic rings. The van der Waals surface area contributed by atoms with Crippen molar-refractivity contribution in [1.29, 1.82) is 0 Å². The van der Waals surface area contributed by atoms with Crippen molar-refractivity contribution in [2.24, 2.45) is 0 Å². The fourth-order valence-electron chi connectivity index (χ4n) is 3.19. The van der Waals surface area contributed by atoms with Gasteiger partial charge in [-0.1, -0.05) is 65.9 Å². The molecule has 0 saturated carbocycles. The zero-order valence-electron chi connectivity index (χ0n) is 16.9. The molecule has 0 aliphatic carbocycles. The number of anilines is 1. The summed E-state index contributed by atoms with van der Waals surface area (Å²) in [4.78, 5) is 25.7. The van der Waals surface area contributed by atoms with Crippen LogP contribution in [0.3, 0.4) is 0 Å². The van der Waals surface area contributed by atoms with Crippen molar-refractivity contribution in [2.45, 2.75) is 6.61 Å². The Kier molecular flexibility index (Phi) is 5.55. The summed E-state index contributed by atoms with van der Waals surface area (Å²) in [5.41, 5.74) is 4.15. The maximum Gasteiger partial charge on any atom is 0.317 e. The van der Waals surface area contributed by atoms with Crippen LogP contribution in [0.4, 0.5) is 5.13 Å². The van der Waals surface area contributed by atoms with Gasteiger partial charge < -0.3 is 4.74 Å². The highest BCUT2D eigenvalue weighted by Gasteiger charge is 2.11. The monoisotopic (exact) mass is 438 g/mol. The Morgan fingerprint density at radius 2 is 1.69 bits per heavy atom. The van der Waals surface area contributed by atoms with Crippen LogP contribution in [0.2, 0.25) is 0 Å². The van der Waals surface area contributed by atoms with E-state index in [1.165, 1.54) is 11.3 Å². The van der Waals surface area contributed by atoms with E-state index in [0.29, 0.717) is 23.3 Å². The number of aromatic nitrogens is 3. The lowest BCUT2D eigenvalue weighted by Crippen LogP contribution is -2.11. The van der Waals surface area contributed by atoms with Gasteiger partial charge in [-0.15, -0.1) is 0 Å². The van der Waals surface area contributed by atoms with Gasteiger partial charge in [0, 0.05) is 17.3 Å². The SMILES string of the molecule is O=C(Nc1nc2ccc(-c3ccnc(OCc4ccccc4)n3)cc2s1)c1ccccc1. The van der Waals surface area contributed by atoms with Gasteiger partial charge in [0.05, 0.1) is 15.9 Å². The summed E-state index contributed by atoms with van der Waals surface area (Å²) in [7, 11) is 0. The minimum atomic E-state index is -0.180. The third-order valence-electron chi connectivity index (χ3n) is 4.78. The predicted molar refractivity (Wildman–Crippen MR) is 126 cm³/mol. The van der Waals surface area contributed by atoms with Crippen LogP contribution >= 0.6 is 11.3 Å². The highest BCUT2D eigenvalue weighted by atomic mass is 32.1. The number of amides is 1. The van der Waals surface area contributed by atoms with E-state index in [2.05, 4.69) is 20.3 Å². The topological polar surface area (TPSA) is 77.0 Å². The van der Waals surface area contributed by atoms with E-state index in [4.69, 9.17) is 4.74 Å². The van der Waals surface area contributed by atoms with E-state index in [1.54, 1.807) is 18.3 Å². The Bertz CT molecular complexity index is 1370. The predicted octanol–water partition coefficient (Wildman–Crippen LogP) is 5.58. The van der Waals surface area contributed by atoms with E-state index < -0.39 is 0 Å². The summed E-state index contributed by atoms with van der Waals surface area (Å²) >= 11 is 1.42. The van der Waals surface area contributed by atoms with Crippen molar-refractivity contribution in [3.63, 3.8) is 0 Å². The first-order valence-electron chi connectivity index (χ1n) is 10.0. The molecule has 0 bridgehead atoms. The van der Waals surface area contributed by atoms with Crippen LogP contribution in [0, 0.1) is 0 Å². The third kappa shape index (κ3) is 4.48. The molecular formula is C25H18N4O2S. The molecule has 1 amide bonds. The minimum Gasteiger partial charge on any atom is -0.459 e. The number of rotatable bonds is 6. The van der Waals surface area contributed by atoms with Crippen LogP contribution in [0.25, 0.3) is 21.5 Å². The second-order valence-corrected chi connectivity index (χ2v) is 8.05. The number of benzene rings is 3. The molecule has 0 fully saturated rings. The molecule has 5 rings (SSSR count). The van der Waals surface area contributed by atoms with E-state index in [1.807, 2.05) is 72.8 Å². The van der Waals surface area contributed by atoms with Gasteiger partial charge in [-0.3, -0.25) is 10.1 Å². The number of thiazole rings is 1. The van der Waals surface area contributed by atoms with Gasteiger partial charge in [0.2, 0.25) is 0 Å². The number of hydrogen-bond donors (Lipinski definition) is 1. The summed E-state index contributed by atoms with van der Waals surface area (Å²) in [6.45, 7) is 0.405. The highest BCUT2D eigenvalue weighted by molar-refractivity contribution is 7.22. The number of nitrogens with zero attached hydrogens (tertiary/aromatic N) is 3.